The molecule has 3 aliphatic heterocycles. The number of fused-ring (bicyclic) bond motifs is 11. The summed E-state index contributed by atoms with van der Waals surface area (Å²) in [4.78, 5) is 2.62. The molecule has 0 unspecified atom stereocenters. The van der Waals surface area contributed by atoms with Crippen molar-refractivity contribution in [1.29, 1.82) is 0 Å². The summed E-state index contributed by atoms with van der Waals surface area (Å²) in [6.45, 7) is 18.9. The first-order valence-electron chi connectivity index (χ1n) is 17.6. The summed E-state index contributed by atoms with van der Waals surface area (Å²) in [5.41, 5.74) is 17.7. The summed E-state index contributed by atoms with van der Waals surface area (Å²) in [7, 11) is 0. The molecule has 4 heterocycles. The molecule has 0 atom stereocenters. The number of nitrogens with zero attached hydrogens (tertiary/aromatic N) is 2. The zero-order valence-electron chi connectivity index (χ0n) is 29.3. The third kappa shape index (κ3) is 3.40. The zero-order chi connectivity index (χ0) is 33.1. The number of anilines is 3. The average molecular weight is 621 g/mol. The van der Waals surface area contributed by atoms with Crippen molar-refractivity contribution in [3.05, 3.63) is 125 Å². The molecule has 3 heteroatoms. The van der Waals surface area contributed by atoms with Gasteiger partial charge >= 0.3 is 6.85 Å². The van der Waals surface area contributed by atoms with Crippen LogP contribution in [0.4, 0.5) is 17.1 Å². The summed E-state index contributed by atoms with van der Waals surface area (Å²) >= 11 is 0. The van der Waals surface area contributed by atoms with Gasteiger partial charge in [0.2, 0.25) is 0 Å². The van der Waals surface area contributed by atoms with Crippen molar-refractivity contribution in [3.63, 3.8) is 0 Å². The minimum Gasteiger partial charge on any atom is -0.375 e. The van der Waals surface area contributed by atoms with Crippen LogP contribution in [0.25, 0.3) is 43.7 Å². The molecule has 0 amide bonds. The first-order valence-corrected chi connectivity index (χ1v) is 17.6. The lowest BCUT2D eigenvalue weighted by molar-refractivity contribution is 0.590. The van der Waals surface area contributed by atoms with Crippen LogP contribution in [0.1, 0.15) is 77.6 Å². The maximum absolute atomic E-state index is 2.72. The zero-order valence-corrected chi connectivity index (χ0v) is 29.3. The standard InChI is InChI=1S/C45H41BN2/c1-43(2,3)27-20-21-36-30(23-27)31-24-28(44(4,5)6)25-32-39-29-15-10-9-14-26(29)22-38-40(39)46(48(36)41(31)32)35-18-13-17-34-42(35)47(38)37-19-12-11-16-33(37)45(34,7)8/h9-25H,1-8H3. The van der Waals surface area contributed by atoms with E-state index in [1.807, 2.05) is 0 Å². The van der Waals surface area contributed by atoms with Crippen molar-refractivity contribution in [3.8, 4) is 11.1 Å². The molecule has 7 aromatic rings. The molecule has 0 fully saturated rings. The van der Waals surface area contributed by atoms with Gasteiger partial charge in [0.25, 0.3) is 0 Å². The monoisotopic (exact) mass is 620 g/mol. The molecule has 1 aromatic heterocycles. The number of hydrogen-bond donors (Lipinski definition) is 0. The van der Waals surface area contributed by atoms with Crippen LogP contribution in [-0.4, -0.2) is 11.3 Å². The van der Waals surface area contributed by atoms with Gasteiger partial charge in [0.1, 0.15) is 0 Å². The van der Waals surface area contributed by atoms with Crippen molar-refractivity contribution >= 4 is 67.4 Å². The minimum atomic E-state index is -0.126. The Balaban J connectivity index is 1.46. The first kappa shape index (κ1) is 28.3. The number of benzene rings is 6. The van der Waals surface area contributed by atoms with Crippen molar-refractivity contribution < 1.29 is 0 Å². The number of rotatable bonds is 0. The molecule has 0 spiro atoms. The third-order valence-corrected chi connectivity index (χ3v) is 11.8. The van der Waals surface area contributed by atoms with Gasteiger partial charge in [0.15, 0.2) is 0 Å². The van der Waals surface area contributed by atoms with E-state index in [0.29, 0.717) is 0 Å². The Bertz CT molecular complexity index is 2570. The predicted molar refractivity (Wildman–Crippen MR) is 207 cm³/mol. The highest BCUT2D eigenvalue weighted by Crippen LogP contribution is 2.55. The van der Waals surface area contributed by atoms with Gasteiger partial charge in [-0.05, 0) is 96.7 Å². The van der Waals surface area contributed by atoms with Crippen LogP contribution in [0.15, 0.2) is 103 Å². The van der Waals surface area contributed by atoms with Gasteiger partial charge < -0.3 is 9.38 Å². The second kappa shape index (κ2) is 8.82. The van der Waals surface area contributed by atoms with E-state index in [0.717, 1.165) is 0 Å². The maximum Gasteiger partial charge on any atom is 0.333 e. The Hall–Kier alpha value is -4.76. The van der Waals surface area contributed by atoms with E-state index in [1.165, 1.54) is 93.9 Å². The van der Waals surface area contributed by atoms with E-state index in [4.69, 9.17) is 0 Å². The Morgan fingerprint density at radius 2 is 1.31 bits per heavy atom. The largest absolute Gasteiger partial charge is 0.375 e. The van der Waals surface area contributed by atoms with Crippen molar-refractivity contribution in [1.82, 2.24) is 4.48 Å². The molecule has 10 rings (SSSR count). The van der Waals surface area contributed by atoms with Crippen molar-refractivity contribution in [2.45, 2.75) is 71.6 Å². The molecule has 0 radical (unpaired) electrons. The highest BCUT2D eigenvalue weighted by Gasteiger charge is 2.48. The van der Waals surface area contributed by atoms with Gasteiger partial charge in [-0.15, -0.1) is 0 Å². The molecular formula is C45H41BN2. The van der Waals surface area contributed by atoms with E-state index >= 15 is 0 Å². The highest BCUT2D eigenvalue weighted by atomic mass is 15.2. The molecule has 3 aliphatic rings. The van der Waals surface area contributed by atoms with Crippen molar-refractivity contribution in [2.75, 3.05) is 4.90 Å². The van der Waals surface area contributed by atoms with E-state index < -0.39 is 0 Å². The van der Waals surface area contributed by atoms with Gasteiger partial charge in [-0.2, -0.15) is 0 Å². The van der Waals surface area contributed by atoms with Crippen molar-refractivity contribution in [2.24, 2.45) is 0 Å². The van der Waals surface area contributed by atoms with E-state index in [-0.39, 0.29) is 23.1 Å². The molecule has 2 nitrogen and oxygen atoms in total. The fourth-order valence-corrected chi connectivity index (χ4v) is 9.31. The van der Waals surface area contributed by atoms with Crippen LogP contribution < -0.4 is 15.8 Å². The van der Waals surface area contributed by atoms with Gasteiger partial charge in [-0.25, -0.2) is 0 Å². The SMILES string of the molecule is CC(C)(C)c1ccc2c(c1)c1cc(C(C)(C)C)cc3c1n2B1c2cccc4c2N(c2ccccc2C4(C)C)c2cc4ccccc4c-3c21. The Morgan fingerprint density at radius 1 is 0.604 bits per heavy atom. The fraction of sp³-hybridized carbons (Fsp3) is 0.244. The van der Waals surface area contributed by atoms with Crippen LogP contribution in [0.5, 0.6) is 0 Å². The second-order valence-electron chi connectivity index (χ2n) is 17.1. The van der Waals surface area contributed by atoms with E-state index in [9.17, 15) is 0 Å². The summed E-state index contributed by atoms with van der Waals surface area (Å²) in [6, 6.07) is 40.1. The molecule has 0 bridgehead atoms. The molecule has 0 N–H and O–H groups in total. The summed E-state index contributed by atoms with van der Waals surface area (Å²) in [5.74, 6) is 0. The van der Waals surface area contributed by atoms with Crippen LogP contribution >= 0.6 is 0 Å². The summed E-state index contributed by atoms with van der Waals surface area (Å²) in [6.07, 6.45) is 0. The lowest BCUT2D eigenvalue weighted by atomic mass is 9.44. The lowest BCUT2D eigenvalue weighted by Gasteiger charge is -2.48. The van der Waals surface area contributed by atoms with Crippen LogP contribution in [0, 0.1) is 0 Å². The molecule has 0 saturated carbocycles. The second-order valence-corrected chi connectivity index (χ2v) is 17.1. The smallest absolute Gasteiger partial charge is 0.333 e. The maximum atomic E-state index is 2.72. The quantitative estimate of drug-likeness (QED) is 0.153. The molecular weight excluding hydrogens is 579 g/mol. The highest BCUT2D eigenvalue weighted by molar-refractivity contribution is 6.90. The van der Waals surface area contributed by atoms with Gasteiger partial charge in [0.05, 0.1) is 5.69 Å². The average Bonchev–Trinajstić information content (AvgIpc) is 3.38. The van der Waals surface area contributed by atoms with Gasteiger partial charge in [0, 0.05) is 44.2 Å². The fourth-order valence-electron chi connectivity index (χ4n) is 9.31. The molecule has 0 saturated heterocycles. The van der Waals surface area contributed by atoms with Crippen LogP contribution in [-0.2, 0) is 16.2 Å². The van der Waals surface area contributed by atoms with E-state index in [1.54, 1.807) is 0 Å². The minimum absolute atomic E-state index is 0.00113. The summed E-state index contributed by atoms with van der Waals surface area (Å²) in [5, 5.41) is 5.37. The number of aromatic nitrogens is 1. The van der Waals surface area contributed by atoms with Crippen LogP contribution in [0.2, 0.25) is 0 Å². The lowest BCUT2D eigenvalue weighted by Crippen LogP contribution is -2.58. The van der Waals surface area contributed by atoms with Crippen LogP contribution in [0.3, 0.4) is 0 Å². The van der Waals surface area contributed by atoms with Gasteiger partial charge in [-0.3, -0.25) is 0 Å². The third-order valence-electron chi connectivity index (χ3n) is 11.8. The Kier molecular flexibility index (Phi) is 5.20. The van der Waals surface area contributed by atoms with Gasteiger partial charge in [-0.1, -0.05) is 122 Å². The molecule has 0 aliphatic carbocycles. The molecule has 6 aromatic carbocycles. The normalized spacial score (nSPS) is 15.6. The Morgan fingerprint density at radius 3 is 2.10 bits per heavy atom. The topological polar surface area (TPSA) is 8.17 Å². The molecule has 48 heavy (non-hydrogen) atoms. The van der Waals surface area contributed by atoms with E-state index in [2.05, 4.69) is 168 Å². The Labute approximate surface area is 284 Å². The predicted octanol–water partition coefficient (Wildman–Crippen LogP) is 10.6. The first-order chi connectivity index (χ1) is 22.9. The number of para-hydroxylation sites is 2. The molecule has 234 valence electrons. The summed E-state index contributed by atoms with van der Waals surface area (Å²) < 4.78 is 2.72. The number of hydrogen-bond acceptors (Lipinski definition) is 1.